The SMILES string of the molecule is Cc1ccc2c(c1)-c1nc(SCC(=O)Nc3c(C)cccc3C)ncc1S(=O)(=O)N2C. The maximum Gasteiger partial charge on any atom is 0.267 e. The van der Waals surface area contributed by atoms with Crippen molar-refractivity contribution in [2.45, 2.75) is 30.8 Å². The molecule has 1 aliphatic rings. The van der Waals surface area contributed by atoms with Gasteiger partial charge in [-0.05, 0) is 44.0 Å². The maximum atomic E-state index is 12.9. The van der Waals surface area contributed by atoms with Gasteiger partial charge in [0.15, 0.2) is 5.16 Å². The molecule has 9 heteroatoms. The smallest absolute Gasteiger partial charge is 0.267 e. The van der Waals surface area contributed by atoms with E-state index in [2.05, 4.69) is 15.3 Å². The first-order valence-corrected chi connectivity index (χ1v) is 12.1. The number of amides is 1. The standard InChI is InChI=1S/C22H22N4O3S2/c1-13-8-9-17-16(10-13)21-18(31(28,29)26(17)4)11-23-22(25-21)30-12-19(27)24-20-14(2)6-5-7-15(20)3/h5-11H,12H2,1-4H3,(H,24,27). The molecule has 2 aromatic carbocycles. The Balaban J connectivity index is 1.60. The molecule has 2 heterocycles. The van der Waals surface area contributed by atoms with Crippen LogP contribution in [0.1, 0.15) is 16.7 Å². The first-order chi connectivity index (χ1) is 14.7. The van der Waals surface area contributed by atoms with E-state index in [1.807, 2.05) is 51.1 Å². The van der Waals surface area contributed by atoms with Crippen LogP contribution in [-0.2, 0) is 14.8 Å². The van der Waals surface area contributed by atoms with Crippen LogP contribution in [0, 0.1) is 20.8 Å². The summed E-state index contributed by atoms with van der Waals surface area (Å²) in [5.41, 5.74) is 5.45. The maximum absolute atomic E-state index is 12.9. The molecule has 3 aromatic rings. The van der Waals surface area contributed by atoms with Crippen LogP contribution in [0.2, 0.25) is 0 Å². The number of nitrogens with zero attached hydrogens (tertiary/aromatic N) is 3. The van der Waals surface area contributed by atoms with Crippen LogP contribution in [-0.4, -0.2) is 37.1 Å². The number of carbonyl (C=O) groups excluding carboxylic acids is 1. The lowest BCUT2D eigenvalue weighted by molar-refractivity contribution is -0.113. The second-order valence-corrected chi connectivity index (χ2v) is 10.3. The van der Waals surface area contributed by atoms with Crippen molar-refractivity contribution in [3.63, 3.8) is 0 Å². The van der Waals surface area contributed by atoms with E-state index >= 15 is 0 Å². The zero-order chi connectivity index (χ0) is 22.3. The summed E-state index contributed by atoms with van der Waals surface area (Å²) in [6, 6.07) is 11.4. The predicted octanol–water partition coefficient (Wildman–Crippen LogP) is 3.94. The number of hydrogen-bond acceptors (Lipinski definition) is 6. The van der Waals surface area contributed by atoms with Crippen LogP contribution in [0.5, 0.6) is 0 Å². The lowest BCUT2D eigenvalue weighted by atomic mass is 10.1. The van der Waals surface area contributed by atoms with Gasteiger partial charge in [-0.25, -0.2) is 18.4 Å². The lowest BCUT2D eigenvalue weighted by Crippen LogP contribution is -2.31. The summed E-state index contributed by atoms with van der Waals surface area (Å²) in [5, 5.41) is 3.28. The van der Waals surface area contributed by atoms with Crippen LogP contribution in [0.15, 0.2) is 52.6 Å². The van der Waals surface area contributed by atoms with Gasteiger partial charge < -0.3 is 5.32 Å². The largest absolute Gasteiger partial charge is 0.325 e. The molecule has 0 saturated heterocycles. The molecule has 0 unspecified atom stereocenters. The quantitative estimate of drug-likeness (QED) is 0.474. The molecule has 0 aliphatic carbocycles. The van der Waals surface area contributed by atoms with Crippen molar-refractivity contribution in [3.8, 4) is 11.3 Å². The van der Waals surface area contributed by atoms with Crippen molar-refractivity contribution in [1.29, 1.82) is 0 Å². The molecule has 1 aliphatic heterocycles. The highest BCUT2D eigenvalue weighted by molar-refractivity contribution is 7.99. The molecule has 4 rings (SSSR count). The molecule has 0 bridgehead atoms. The van der Waals surface area contributed by atoms with E-state index in [-0.39, 0.29) is 16.6 Å². The van der Waals surface area contributed by atoms with Crippen LogP contribution >= 0.6 is 11.8 Å². The van der Waals surface area contributed by atoms with Crippen LogP contribution < -0.4 is 9.62 Å². The summed E-state index contributed by atoms with van der Waals surface area (Å²) >= 11 is 1.17. The number of para-hydroxylation sites is 1. The number of thioether (sulfide) groups is 1. The molecule has 1 aromatic heterocycles. The van der Waals surface area contributed by atoms with Gasteiger partial charge in [0.25, 0.3) is 10.0 Å². The third kappa shape index (κ3) is 3.90. The molecule has 31 heavy (non-hydrogen) atoms. The summed E-state index contributed by atoms with van der Waals surface area (Å²) < 4.78 is 27.0. The Morgan fingerprint density at radius 2 is 1.84 bits per heavy atom. The van der Waals surface area contributed by atoms with Crippen LogP contribution in [0.25, 0.3) is 11.3 Å². The number of aromatic nitrogens is 2. The van der Waals surface area contributed by atoms with Crippen molar-refractivity contribution in [2.75, 3.05) is 22.4 Å². The molecule has 0 fully saturated rings. The van der Waals surface area contributed by atoms with Gasteiger partial charge in [-0.3, -0.25) is 9.10 Å². The highest BCUT2D eigenvalue weighted by Crippen LogP contribution is 2.41. The van der Waals surface area contributed by atoms with Gasteiger partial charge in [0.2, 0.25) is 5.91 Å². The molecular formula is C22H22N4O3S2. The normalized spacial score (nSPS) is 14.0. The van der Waals surface area contributed by atoms with E-state index in [0.717, 1.165) is 27.9 Å². The van der Waals surface area contributed by atoms with Crippen LogP contribution in [0.3, 0.4) is 0 Å². The Hall–Kier alpha value is -2.91. The van der Waals surface area contributed by atoms with Crippen molar-refractivity contribution in [3.05, 3.63) is 59.3 Å². The second-order valence-electron chi connectivity index (χ2n) is 7.46. The van der Waals surface area contributed by atoms with E-state index in [4.69, 9.17) is 0 Å². The molecular weight excluding hydrogens is 432 g/mol. The van der Waals surface area contributed by atoms with Crippen molar-refractivity contribution >= 4 is 39.1 Å². The number of carbonyl (C=O) groups is 1. The summed E-state index contributed by atoms with van der Waals surface area (Å²) in [5.74, 6) is -0.0628. The third-order valence-corrected chi connectivity index (χ3v) is 7.83. The molecule has 0 saturated carbocycles. The van der Waals surface area contributed by atoms with Crippen molar-refractivity contribution < 1.29 is 13.2 Å². The van der Waals surface area contributed by atoms with Gasteiger partial charge in [0, 0.05) is 18.3 Å². The Bertz CT molecular complexity index is 1290. The highest BCUT2D eigenvalue weighted by Gasteiger charge is 2.34. The first kappa shape index (κ1) is 21.3. The van der Waals surface area contributed by atoms with Gasteiger partial charge in [-0.1, -0.05) is 41.6 Å². The molecule has 160 valence electrons. The monoisotopic (exact) mass is 454 g/mol. The van der Waals surface area contributed by atoms with Crippen molar-refractivity contribution in [2.24, 2.45) is 0 Å². The summed E-state index contributed by atoms with van der Waals surface area (Å²) in [7, 11) is -2.20. The number of rotatable bonds is 4. The zero-order valence-corrected chi connectivity index (χ0v) is 19.3. The summed E-state index contributed by atoms with van der Waals surface area (Å²) in [6.45, 7) is 5.83. The predicted molar refractivity (Wildman–Crippen MR) is 123 cm³/mol. The topological polar surface area (TPSA) is 92.3 Å². The summed E-state index contributed by atoms with van der Waals surface area (Å²) in [4.78, 5) is 21.2. The minimum absolute atomic E-state index is 0.0671. The average molecular weight is 455 g/mol. The third-order valence-electron chi connectivity index (χ3n) is 5.20. The zero-order valence-electron chi connectivity index (χ0n) is 17.6. The number of nitrogens with one attached hydrogen (secondary N) is 1. The van der Waals surface area contributed by atoms with Crippen LogP contribution in [0.4, 0.5) is 11.4 Å². The van der Waals surface area contributed by atoms with E-state index < -0.39 is 10.0 Å². The number of aryl methyl sites for hydroxylation is 3. The number of benzene rings is 2. The molecule has 7 nitrogen and oxygen atoms in total. The molecule has 1 N–H and O–H groups in total. The number of fused-ring (bicyclic) bond motifs is 3. The minimum atomic E-state index is -3.73. The highest BCUT2D eigenvalue weighted by atomic mass is 32.2. The van der Waals surface area contributed by atoms with Gasteiger partial charge in [-0.2, -0.15) is 0 Å². The number of hydrogen-bond donors (Lipinski definition) is 1. The van der Waals surface area contributed by atoms with Gasteiger partial charge in [0.1, 0.15) is 4.90 Å². The minimum Gasteiger partial charge on any atom is -0.325 e. The van der Waals surface area contributed by atoms with E-state index in [1.165, 1.54) is 29.3 Å². The fourth-order valence-corrected chi connectivity index (χ4v) is 5.43. The van der Waals surface area contributed by atoms with Crippen molar-refractivity contribution in [1.82, 2.24) is 9.97 Å². The fraction of sp³-hybridized carbons (Fsp3) is 0.227. The number of anilines is 2. The lowest BCUT2D eigenvalue weighted by Gasteiger charge is -2.28. The summed E-state index contributed by atoms with van der Waals surface area (Å²) in [6.07, 6.45) is 1.32. The Morgan fingerprint density at radius 3 is 2.55 bits per heavy atom. The van der Waals surface area contributed by atoms with E-state index in [0.29, 0.717) is 16.5 Å². The van der Waals surface area contributed by atoms with Gasteiger partial charge in [-0.15, -0.1) is 0 Å². The molecule has 0 spiro atoms. The molecule has 0 atom stereocenters. The number of sulfonamides is 1. The Morgan fingerprint density at radius 1 is 1.13 bits per heavy atom. The Kier molecular flexibility index (Phi) is 5.49. The molecule has 1 amide bonds. The second kappa shape index (κ2) is 7.97. The average Bonchev–Trinajstić information content (AvgIpc) is 2.73. The molecule has 0 radical (unpaired) electrons. The Labute approximate surface area is 186 Å². The first-order valence-electron chi connectivity index (χ1n) is 9.64. The van der Waals surface area contributed by atoms with E-state index in [1.54, 1.807) is 6.07 Å². The van der Waals surface area contributed by atoms with Gasteiger partial charge >= 0.3 is 0 Å². The van der Waals surface area contributed by atoms with Gasteiger partial charge in [0.05, 0.1) is 23.3 Å². The van der Waals surface area contributed by atoms with E-state index in [9.17, 15) is 13.2 Å². The fourth-order valence-electron chi connectivity index (χ4n) is 3.51.